The van der Waals surface area contributed by atoms with Crippen molar-refractivity contribution < 1.29 is 19.8 Å². The number of pyridine rings is 2. The average molecular weight is 494 g/mol. The van der Waals surface area contributed by atoms with Crippen LogP contribution < -0.4 is 0 Å². The number of halogens is 1. The third-order valence-electron chi connectivity index (χ3n) is 6.65. The molecule has 3 aromatic rings. The second-order valence-electron chi connectivity index (χ2n) is 9.25. The second-order valence-corrected chi connectivity index (χ2v) is 9.63. The van der Waals surface area contributed by atoms with Gasteiger partial charge in [0, 0.05) is 37.7 Å². The number of benzene rings is 1. The van der Waals surface area contributed by atoms with Gasteiger partial charge in [0.05, 0.1) is 11.7 Å². The van der Waals surface area contributed by atoms with Crippen molar-refractivity contribution in [3.63, 3.8) is 0 Å². The fourth-order valence-electron chi connectivity index (χ4n) is 4.79. The number of carbonyl (C=O) groups is 2. The molecule has 1 aliphatic carbocycles. The van der Waals surface area contributed by atoms with Crippen LogP contribution >= 0.6 is 11.6 Å². The summed E-state index contributed by atoms with van der Waals surface area (Å²) < 4.78 is 0. The van der Waals surface area contributed by atoms with Gasteiger partial charge < -0.3 is 15.1 Å². The van der Waals surface area contributed by atoms with Gasteiger partial charge in [0.15, 0.2) is 0 Å². The van der Waals surface area contributed by atoms with E-state index in [-0.39, 0.29) is 23.9 Å². The minimum absolute atomic E-state index is 0.0965. The Morgan fingerprint density at radius 2 is 1.83 bits per heavy atom. The zero-order valence-electron chi connectivity index (χ0n) is 19.5. The van der Waals surface area contributed by atoms with Crippen molar-refractivity contribution in [1.82, 2.24) is 14.9 Å². The van der Waals surface area contributed by atoms with E-state index in [9.17, 15) is 14.7 Å². The molecule has 1 aromatic carbocycles. The SMILES string of the molecule is CN(Cc1cncc(C(=O)O)c1)C(=O)c1ccc(C[C@@H]2CC[C@H]([C@H](O)c3ccc(Cl)nc3)C2)cc1. The number of carboxylic acids is 1. The lowest BCUT2D eigenvalue weighted by molar-refractivity contribution is 0.0696. The van der Waals surface area contributed by atoms with Gasteiger partial charge in [0.2, 0.25) is 0 Å². The van der Waals surface area contributed by atoms with E-state index < -0.39 is 12.1 Å². The van der Waals surface area contributed by atoms with E-state index in [1.165, 1.54) is 12.3 Å². The van der Waals surface area contributed by atoms with Crippen LogP contribution in [0.15, 0.2) is 61.1 Å². The number of carbonyl (C=O) groups excluding carboxylic acids is 1. The smallest absolute Gasteiger partial charge is 0.337 e. The molecule has 4 rings (SSSR count). The van der Waals surface area contributed by atoms with Gasteiger partial charge in [-0.25, -0.2) is 9.78 Å². The van der Waals surface area contributed by atoms with Gasteiger partial charge in [-0.2, -0.15) is 0 Å². The first-order valence-corrected chi connectivity index (χ1v) is 12.0. The minimum atomic E-state index is -1.05. The highest BCUT2D eigenvalue weighted by Crippen LogP contribution is 2.40. The third-order valence-corrected chi connectivity index (χ3v) is 6.88. The molecule has 1 fully saturated rings. The van der Waals surface area contributed by atoms with Crippen LogP contribution in [0.2, 0.25) is 5.15 Å². The van der Waals surface area contributed by atoms with Gasteiger partial charge >= 0.3 is 5.97 Å². The van der Waals surface area contributed by atoms with Gasteiger partial charge in [-0.05, 0) is 78.5 Å². The molecule has 0 aliphatic heterocycles. The summed E-state index contributed by atoms with van der Waals surface area (Å²) in [5, 5.41) is 20.3. The molecule has 2 N–H and O–H groups in total. The molecule has 2 heterocycles. The Kier molecular flexibility index (Phi) is 7.78. The Hall–Kier alpha value is -3.29. The molecule has 0 saturated heterocycles. The molecule has 0 spiro atoms. The molecule has 1 amide bonds. The highest BCUT2D eigenvalue weighted by molar-refractivity contribution is 6.29. The number of hydrogen-bond acceptors (Lipinski definition) is 5. The predicted octanol–water partition coefficient (Wildman–Crippen LogP) is 4.79. The summed E-state index contributed by atoms with van der Waals surface area (Å²) in [6.45, 7) is 0.267. The van der Waals surface area contributed by atoms with Crippen LogP contribution in [-0.2, 0) is 13.0 Å². The Labute approximate surface area is 209 Å². The first-order chi connectivity index (χ1) is 16.8. The highest BCUT2D eigenvalue weighted by atomic mass is 35.5. The Bertz CT molecular complexity index is 1180. The largest absolute Gasteiger partial charge is 0.478 e. The van der Waals surface area contributed by atoms with Crippen LogP contribution in [-0.4, -0.2) is 44.0 Å². The van der Waals surface area contributed by atoms with E-state index in [4.69, 9.17) is 16.7 Å². The molecule has 2 aromatic heterocycles. The van der Waals surface area contributed by atoms with Crippen molar-refractivity contribution in [3.8, 4) is 0 Å². The fourth-order valence-corrected chi connectivity index (χ4v) is 4.91. The highest BCUT2D eigenvalue weighted by Gasteiger charge is 2.31. The number of aliphatic hydroxyl groups excluding tert-OH is 1. The molecular formula is C27H28ClN3O4. The van der Waals surface area contributed by atoms with Crippen molar-refractivity contribution in [2.45, 2.75) is 38.3 Å². The number of hydrogen-bond donors (Lipinski definition) is 2. The van der Waals surface area contributed by atoms with Crippen molar-refractivity contribution >= 4 is 23.5 Å². The number of nitrogens with zero attached hydrogens (tertiary/aromatic N) is 3. The summed E-state index contributed by atoms with van der Waals surface area (Å²) in [6, 6.07) is 12.7. The molecule has 1 aliphatic rings. The van der Waals surface area contributed by atoms with Gasteiger partial charge in [0.25, 0.3) is 5.91 Å². The average Bonchev–Trinajstić information content (AvgIpc) is 3.32. The fraction of sp³-hybridized carbons (Fsp3) is 0.333. The number of rotatable bonds is 8. The quantitative estimate of drug-likeness (QED) is 0.437. The minimum Gasteiger partial charge on any atom is -0.478 e. The Morgan fingerprint density at radius 3 is 2.51 bits per heavy atom. The van der Waals surface area contributed by atoms with E-state index >= 15 is 0 Å². The molecule has 0 unspecified atom stereocenters. The van der Waals surface area contributed by atoms with Crippen LogP contribution in [0.4, 0.5) is 0 Å². The lowest BCUT2D eigenvalue weighted by Gasteiger charge is -2.19. The third kappa shape index (κ3) is 6.24. The number of aromatic carboxylic acids is 1. The zero-order chi connectivity index (χ0) is 24.9. The van der Waals surface area contributed by atoms with Crippen LogP contribution in [0, 0.1) is 11.8 Å². The van der Waals surface area contributed by atoms with Crippen molar-refractivity contribution in [2.24, 2.45) is 11.8 Å². The monoisotopic (exact) mass is 493 g/mol. The van der Waals surface area contributed by atoms with E-state index in [0.29, 0.717) is 22.2 Å². The van der Waals surface area contributed by atoms with Crippen LogP contribution in [0.3, 0.4) is 0 Å². The molecule has 1 saturated carbocycles. The van der Waals surface area contributed by atoms with Gasteiger partial charge in [-0.15, -0.1) is 0 Å². The summed E-state index contributed by atoms with van der Waals surface area (Å²) in [4.78, 5) is 33.6. The molecular weight excluding hydrogens is 466 g/mol. The van der Waals surface area contributed by atoms with Crippen molar-refractivity contribution in [3.05, 3.63) is 94.0 Å². The summed E-state index contributed by atoms with van der Waals surface area (Å²) in [5.41, 5.74) is 3.30. The summed E-state index contributed by atoms with van der Waals surface area (Å²) in [5.74, 6) is -0.508. The van der Waals surface area contributed by atoms with Crippen molar-refractivity contribution in [1.29, 1.82) is 0 Å². The maximum Gasteiger partial charge on any atom is 0.337 e. The number of aromatic nitrogens is 2. The molecule has 0 radical (unpaired) electrons. The standard InChI is InChI=1S/C27H28ClN3O4/c1-31(16-19-12-23(27(34)35)14-29-13-19)26(33)20-5-2-17(3-6-20)10-18-4-7-21(11-18)25(32)22-8-9-24(28)30-15-22/h2-3,5-6,8-9,12-15,18,21,25,32H,4,7,10-11,16H2,1H3,(H,34,35)/t18-,21-,25-/m0/s1. The predicted molar refractivity (Wildman–Crippen MR) is 132 cm³/mol. The molecule has 7 nitrogen and oxygen atoms in total. The second kappa shape index (κ2) is 11.0. The van der Waals surface area contributed by atoms with Crippen molar-refractivity contribution in [2.75, 3.05) is 7.05 Å². The zero-order valence-corrected chi connectivity index (χ0v) is 20.2. The van der Waals surface area contributed by atoms with Gasteiger partial charge in [-0.3, -0.25) is 9.78 Å². The maximum absolute atomic E-state index is 12.8. The summed E-state index contributed by atoms with van der Waals surface area (Å²) >= 11 is 5.85. The molecule has 8 heteroatoms. The van der Waals surface area contributed by atoms with E-state index in [1.54, 1.807) is 30.4 Å². The van der Waals surface area contributed by atoms with E-state index in [1.807, 2.05) is 30.3 Å². The molecule has 3 atom stereocenters. The van der Waals surface area contributed by atoms with Gasteiger partial charge in [-0.1, -0.05) is 29.8 Å². The van der Waals surface area contributed by atoms with E-state index in [2.05, 4.69) is 9.97 Å². The summed E-state index contributed by atoms with van der Waals surface area (Å²) in [7, 11) is 1.68. The van der Waals surface area contributed by atoms with Gasteiger partial charge in [0.1, 0.15) is 5.15 Å². The van der Waals surface area contributed by atoms with E-state index in [0.717, 1.165) is 36.8 Å². The normalized spacial score (nSPS) is 18.3. The first-order valence-electron chi connectivity index (χ1n) is 11.6. The Balaban J connectivity index is 1.31. The lowest BCUT2D eigenvalue weighted by atomic mass is 9.92. The first kappa shape index (κ1) is 24.8. The van der Waals surface area contributed by atoms with Crippen LogP contribution in [0.25, 0.3) is 0 Å². The topological polar surface area (TPSA) is 104 Å². The lowest BCUT2D eigenvalue weighted by Crippen LogP contribution is -2.26. The molecule has 182 valence electrons. The summed E-state index contributed by atoms with van der Waals surface area (Å²) in [6.07, 6.45) is 7.82. The number of amides is 1. The van der Waals surface area contributed by atoms with Crippen LogP contribution in [0.5, 0.6) is 0 Å². The Morgan fingerprint density at radius 1 is 1.06 bits per heavy atom. The number of carboxylic acid groups (broad SMARTS) is 1. The molecule has 35 heavy (non-hydrogen) atoms. The number of aliphatic hydroxyl groups is 1. The van der Waals surface area contributed by atoms with Crippen LogP contribution in [0.1, 0.15) is 62.8 Å². The maximum atomic E-state index is 12.8. The molecule has 0 bridgehead atoms.